The zero-order valence-electron chi connectivity index (χ0n) is 14.6. The summed E-state index contributed by atoms with van der Waals surface area (Å²) < 4.78 is 0. The molecule has 0 N–H and O–H groups in total. The van der Waals surface area contributed by atoms with Gasteiger partial charge in [0.15, 0.2) is 0 Å². The van der Waals surface area contributed by atoms with E-state index in [9.17, 15) is 4.79 Å². The van der Waals surface area contributed by atoms with Crippen molar-refractivity contribution < 1.29 is 4.79 Å². The van der Waals surface area contributed by atoms with Crippen LogP contribution in [0.25, 0.3) is 17.1 Å². The highest BCUT2D eigenvalue weighted by atomic mass is 16.2. The average Bonchev–Trinajstić information content (AvgIpc) is 2.72. The number of carbonyl (C=O) groups excluding carboxylic acids is 1. The summed E-state index contributed by atoms with van der Waals surface area (Å²) in [5.41, 5.74) is 3.78. The minimum Gasteiger partial charge on any atom is -0.339 e. The second kappa shape index (κ2) is 7.48. The summed E-state index contributed by atoms with van der Waals surface area (Å²) in [7, 11) is 0. The van der Waals surface area contributed by atoms with E-state index in [2.05, 4.69) is 34.2 Å². The van der Waals surface area contributed by atoms with Gasteiger partial charge >= 0.3 is 0 Å². The van der Waals surface area contributed by atoms with E-state index in [-0.39, 0.29) is 5.91 Å². The first-order valence-electron chi connectivity index (χ1n) is 9.03. The molecule has 4 heteroatoms. The molecule has 0 atom stereocenters. The molecule has 2 aromatic carbocycles. The molecular formula is C22H21N3O. The first-order valence-corrected chi connectivity index (χ1v) is 9.03. The van der Waals surface area contributed by atoms with Crippen LogP contribution in [0, 0.1) is 0 Å². The smallest absolute Gasteiger partial charge is 0.246 e. The maximum atomic E-state index is 12.5. The highest BCUT2D eigenvalue weighted by Gasteiger charge is 2.22. The van der Waals surface area contributed by atoms with Gasteiger partial charge in [-0.2, -0.15) is 0 Å². The van der Waals surface area contributed by atoms with E-state index < -0.39 is 0 Å². The van der Waals surface area contributed by atoms with E-state index in [1.807, 2.05) is 35.2 Å². The molecule has 26 heavy (non-hydrogen) atoms. The molecule has 1 fully saturated rings. The Morgan fingerprint density at radius 1 is 0.962 bits per heavy atom. The number of hydrogen-bond donors (Lipinski definition) is 0. The van der Waals surface area contributed by atoms with Gasteiger partial charge in [0.1, 0.15) is 0 Å². The average molecular weight is 343 g/mol. The van der Waals surface area contributed by atoms with E-state index in [4.69, 9.17) is 0 Å². The van der Waals surface area contributed by atoms with Gasteiger partial charge in [-0.15, -0.1) is 0 Å². The molecule has 130 valence electrons. The molecule has 0 radical (unpaired) electrons. The quantitative estimate of drug-likeness (QED) is 0.674. The van der Waals surface area contributed by atoms with Crippen LogP contribution in [0.4, 0.5) is 0 Å². The van der Waals surface area contributed by atoms with Crippen LogP contribution in [0.5, 0.6) is 0 Å². The van der Waals surface area contributed by atoms with Gasteiger partial charge in [-0.05, 0) is 42.5 Å². The van der Waals surface area contributed by atoms with Crippen molar-refractivity contribution in [2.75, 3.05) is 13.1 Å². The van der Waals surface area contributed by atoms with Gasteiger partial charge in [0, 0.05) is 19.2 Å². The number of para-hydroxylation sites is 2. The zero-order chi connectivity index (χ0) is 17.8. The van der Waals surface area contributed by atoms with Crippen molar-refractivity contribution in [3.63, 3.8) is 0 Å². The summed E-state index contributed by atoms with van der Waals surface area (Å²) in [6, 6.07) is 18.3. The molecule has 0 bridgehead atoms. The van der Waals surface area contributed by atoms with Gasteiger partial charge < -0.3 is 4.90 Å². The topological polar surface area (TPSA) is 46.1 Å². The van der Waals surface area contributed by atoms with Crippen LogP contribution < -0.4 is 0 Å². The molecule has 1 aliphatic rings. The van der Waals surface area contributed by atoms with Crippen LogP contribution >= 0.6 is 0 Å². The molecule has 1 saturated heterocycles. The number of benzene rings is 2. The Balaban J connectivity index is 1.38. The van der Waals surface area contributed by atoms with Crippen molar-refractivity contribution >= 4 is 23.0 Å². The van der Waals surface area contributed by atoms with Crippen molar-refractivity contribution in [1.82, 2.24) is 14.9 Å². The monoisotopic (exact) mass is 343 g/mol. The van der Waals surface area contributed by atoms with Gasteiger partial charge in [0.05, 0.1) is 22.9 Å². The van der Waals surface area contributed by atoms with Gasteiger partial charge in [-0.3, -0.25) is 9.78 Å². The van der Waals surface area contributed by atoms with E-state index in [0.717, 1.165) is 37.0 Å². The lowest BCUT2D eigenvalue weighted by molar-refractivity contribution is -0.126. The number of likely N-dealkylation sites (tertiary alicyclic amines) is 1. The molecule has 1 amide bonds. The zero-order valence-corrected chi connectivity index (χ0v) is 14.6. The van der Waals surface area contributed by atoms with Gasteiger partial charge in [-0.25, -0.2) is 4.98 Å². The third-order valence-electron chi connectivity index (χ3n) is 4.94. The molecule has 3 aromatic rings. The summed E-state index contributed by atoms with van der Waals surface area (Å²) in [4.78, 5) is 23.3. The number of aromatic nitrogens is 2. The molecule has 0 unspecified atom stereocenters. The van der Waals surface area contributed by atoms with Crippen molar-refractivity contribution in [3.8, 4) is 0 Å². The van der Waals surface area contributed by atoms with E-state index in [1.54, 1.807) is 18.3 Å². The van der Waals surface area contributed by atoms with Crippen LogP contribution in [-0.2, 0) is 4.79 Å². The normalized spacial score (nSPS) is 15.6. The first kappa shape index (κ1) is 16.5. The van der Waals surface area contributed by atoms with Gasteiger partial charge in [-0.1, -0.05) is 42.5 Å². The fourth-order valence-corrected chi connectivity index (χ4v) is 3.47. The van der Waals surface area contributed by atoms with Crippen LogP contribution in [-0.4, -0.2) is 33.9 Å². The lowest BCUT2D eigenvalue weighted by Gasteiger charge is -2.31. The Kier molecular flexibility index (Phi) is 4.73. The van der Waals surface area contributed by atoms with E-state index in [0.29, 0.717) is 11.6 Å². The number of amides is 1. The van der Waals surface area contributed by atoms with E-state index >= 15 is 0 Å². The number of nitrogens with zero attached hydrogens (tertiary/aromatic N) is 3. The maximum absolute atomic E-state index is 12.5. The lowest BCUT2D eigenvalue weighted by Crippen LogP contribution is -2.36. The van der Waals surface area contributed by atoms with Crippen molar-refractivity contribution in [2.24, 2.45) is 0 Å². The Labute approximate surface area is 153 Å². The fourth-order valence-electron chi connectivity index (χ4n) is 3.47. The summed E-state index contributed by atoms with van der Waals surface area (Å²) in [5, 5.41) is 0. The molecule has 0 saturated carbocycles. The van der Waals surface area contributed by atoms with Crippen molar-refractivity contribution in [3.05, 3.63) is 78.1 Å². The van der Waals surface area contributed by atoms with E-state index in [1.165, 1.54) is 5.56 Å². The third kappa shape index (κ3) is 3.64. The van der Waals surface area contributed by atoms with Gasteiger partial charge in [0.2, 0.25) is 5.91 Å². The largest absolute Gasteiger partial charge is 0.339 e. The highest BCUT2D eigenvalue weighted by Crippen LogP contribution is 2.27. The van der Waals surface area contributed by atoms with Crippen molar-refractivity contribution in [1.29, 1.82) is 0 Å². The Bertz CT molecular complexity index is 928. The number of piperidine rings is 1. The Morgan fingerprint density at radius 3 is 2.42 bits per heavy atom. The maximum Gasteiger partial charge on any atom is 0.246 e. The first-order chi connectivity index (χ1) is 12.8. The number of carbonyl (C=O) groups is 1. The Morgan fingerprint density at radius 2 is 1.65 bits per heavy atom. The number of fused-ring (bicyclic) bond motifs is 1. The molecule has 4 rings (SSSR count). The summed E-state index contributed by atoms with van der Waals surface area (Å²) in [6.07, 6.45) is 7.10. The molecule has 0 aliphatic carbocycles. The molecule has 1 aromatic heterocycles. The predicted octanol–water partition coefficient (Wildman–Crippen LogP) is 4.05. The third-order valence-corrected chi connectivity index (χ3v) is 4.94. The van der Waals surface area contributed by atoms with Crippen molar-refractivity contribution in [2.45, 2.75) is 18.8 Å². The molecule has 2 heterocycles. The molecule has 4 nitrogen and oxygen atoms in total. The van der Waals surface area contributed by atoms with Crippen LogP contribution in [0.1, 0.15) is 30.0 Å². The summed E-state index contributed by atoms with van der Waals surface area (Å²) >= 11 is 0. The highest BCUT2D eigenvalue weighted by molar-refractivity contribution is 5.91. The fraction of sp³-hybridized carbons (Fsp3) is 0.227. The molecule has 0 spiro atoms. The predicted molar refractivity (Wildman–Crippen MR) is 104 cm³/mol. The summed E-state index contributed by atoms with van der Waals surface area (Å²) in [5.74, 6) is 0.599. The second-order valence-corrected chi connectivity index (χ2v) is 6.63. The van der Waals surface area contributed by atoms with Crippen LogP contribution in [0.3, 0.4) is 0 Å². The number of rotatable bonds is 3. The standard InChI is InChI=1S/C22H21N3O/c26-22(11-10-19-16-23-20-8-4-5-9-21(20)24-19)25-14-12-18(13-15-25)17-6-2-1-3-7-17/h1-11,16,18H,12-15H2/b11-10+. The Hall–Kier alpha value is -3.01. The van der Waals surface area contributed by atoms with Crippen LogP contribution in [0.2, 0.25) is 0 Å². The SMILES string of the molecule is O=C(/C=C/c1cnc2ccccc2n1)N1CCC(c2ccccc2)CC1. The summed E-state index contributed by atoms with van der Waals surface area (Å²) in [6.45, 7) is 1.60. The lowest BCUT2D eigenvalue weighted by atomic mass is 9.89. The van der Waals surface area contributed by atoms with Crippen LogP contribution in [0.15, 0.2) is 66.9 Å². The molecule has 1 aliphatic heterocycles. The molecular weight excluding hydrogens is 322 g/mol. The minimum absolute atomic E-state index is 0.0477. The number of hydrogen-bond acceptors (Lipinski definition) is 3. The second-order valence-electron chi connectivity index (χ2n) is 6.63. The van der Waals surface area contributed by atoms with Gasteiger partial charge in [0.25, 0.3) is 0 Å². The minimum atomic E-state index is 0.0477.